The lowest BCUT2D eigenvalue weighted by Gasteiger charge is -2.28. The van der Waals surface area contributed by atoms with E-state index in [9.17, 15) is 14.7 Å². The molecule has 0 fully saturated rings. The largest absolute Gasteiger partial charge is 0.507 e. The molecular formula is C33H42N2O4. The van der Waals surface area contributed by atoms with Crippen LogP contribution in [0.2, 0.25) is 0 Å². The number of carbonyl (C=O) groups is 2. The Morgan fingerprint density at radius 3 is 1.90 bits per heavy atom. The number of hydrogen-bond acceptors (Lipinski definition) is 4. The van der Waals surface area contributed by atoms with E-state index >= 15 is 0 Å². The molecule has 0 saturated heterocycles. The minimum Gasteiger partial charge on any atom is -0.507 e. The molecule has 208 valence electrons. The normalized spacial score (nSPS) is 12.5. The molecule has 0 unspecified atom stereocenters. The summed E-state index contributed by atoms with van der Waals surface area (Å²) in [6.07, 6.45) is 0.690. The Labute approximate surface area is 232 Å². The highest BCUT2D eigenvalue weighted by molar-refractivity contribution is 5.98. The van der Waals surface area contributed by atoms with Crippen molar-refractivity contribution in [3.63, 3.8) is 0 Å². The number of methoxy groups -OCH3 is 1. The number of rotatable bonds is 8. The number of carbonyl (C=O) groups excluding carboxylic acids is 2. The number of phenols is 1. The second-order valence-electron chi connectivity index (χ2n) is 12.2. The molecule has 0 aliphatic carbocycles. The predicted octanol–water partition coefficient (Wildman–Crippen LogP) is 6.73. The van der Waals surface area contributed by atoms with Crippen molar-refractivity contribution >= 4 is 17.5 Å². The third kappa shape index (κ3) is 7.85. The Kier molecular flexibility index (Phi) is 9.10. The molecule has 0 heterocycles. The molecule has 39 heavy (non-hydrogen) atoms. The van der Waals surface area contributed by atoms with Gasteiger partial charge in [0.1, 0.15) is 17.5 Å². The molecule has 2 amide bonds. The minimum atomic E-state index is -0.852. The second-order valence-corrected chi connectivity index (χ2v) is 12.2. The van der Waals surface area contributed by atoms with Gasteiger partial charge < -0.3 is 20.5 Å². The summed E-state index contributed by atoms with van der Waals surface area (Å²) in [6, 6.07) is 17.8. The number of hydrogen-bond donors (Lipinski definition) is 3. The lowest BCUT2D eigenvalue weighted by atomic mass is 9.78. The van der Waals surface area contributed by atoms with E-state index in [1.54, 1.807) is 31.4 Å². The molecule has 0 spiro atoms. The monoisotopic (exact) mass is 530 g/mol. The van der Waals surface area contributed by atoms with E-state index in [4.69, 9.17) is 4.74 Å². The maximum atomic E-state index is 13.3. The molecular weight excluding hydrogens is 488 g/mol. The number of amides is 2. The standard InChI is InChI=1S/C33H42N2O4/c1-21-9-12-23(13-10-21)29(31(38)34-24-14-16-25(39-8)17-15-24)35-28(36)18-11-22-19-26(32(2,3)4)30(37)27(20-22)33(5,6)7/h9-10,12-17,19-20,29,37H,11,18H2,1-8H3,(H,34,38)(H,35,36)/t29-/m1/s1. The zero-order chi connectivity index (χ0) is 29.0. The Hall–Kier alpha value is -3.80. The first-order valence-corrected chi connectivity index (χ1v) is 13.4. The van der Waals surface area contributed by atoms with Crippen molar-refractivity contribution in [2.45, 2.75) is 78.2 Å². The van der Waals surface area contributed by atoms with E-state index in [1.807, 2.05) is 43.3 Å². The highest BCUT2D eigenvalue weighted by Crippen LogP contribution is 2.40. The van der Waals surface area contributed by atoms with Crippen molar-refractivity contribution in [3.05, 3.63) is 88.5 Å². The quantitative estimate of drug-likeness (QED) is 0.301. The van der Waals surface area contributed by atoms with Gasteiger partial charge in [0, 0.05) is 12.1 Å². The van der Waals surface area contributed by atoms with Crippen LogP contribution in [0, 0.1) is 6.92 Å². The number of aromatic hydroxyl groups is 1. The van der Waals surface area contributed by atoms with Crippen molar-refractivity contribution in [2.24, 2.45) is 0 Å². The Morgan fingerprint density at radius 1 is 0.872 bits per heavy atom. The van der Waals surface area contributed by atoms with Crippen LogP contribution in [0.3, 0.4) is 0 Å². The SMILES string of the molecule is COc1ccc(NC(=O)[C@H](NC(=O)CCc2cc(C(C)(C)C)c(O)c(C(C)(C)C)c2)c2ccc(C)cc2)cc1. The van der Waals surface area contributed by atoms with E-state index in [-0.39, 0.29) is 29.1 Å². The van der Waals surface area contributed by atoms with Gasteiger partial charge >= 0.3 is 0 Å². The summed E-state index contributed by atoms with van der Waals surface area (Å²) < 4.78 is 5.19. The minimum absolute atomic E-state index is 0.204. The van der Waals surface area contributed by atoms with E-state index in [1.165, 1.54) is 0 Å². The third-order valence-electron chi connectivity index (χ3n) is 6.76. The van der Waals surface area contributed by atoms with Gasteiger partial charge in [0.2, 0.25) is 5.91 Å². The first-order valence-electron chi connectivity index (χ1n) is 13.4. The smallest absolute Gasteiger partial charge is 0.251 e. The van der Waals surface area contributed by atoms with Gasteiger partial charge in [0.25, 0.3) is 5.91 Å². The van der Waals surface area contributed by atoms with Crippen LogP contribution in [0.4, 0.5) is 5.69 Å². The molecule has 3 aromatic carbocycles. The molecule has 0 aromatic heterocycles. The van der Waals surface area contributed by atoms with Crippen molar-refractivity contribution in [1.29, 1.82) is 0 Å². The van der Waals surface area contributed by atoms with Crippen LogP contribution in [0.15, 0.2) is 60.7 Å². The molecule has 0 aliphatic rings. The second kappa shape index (κ2) is 11.9. The van der Waals surface area contributed by atoms with Crippen LogP contribution in [0.25, 0.3) is 0 Å². The van der Waals surface area contributed by atoms with E-state index in [2.05, 4.69) is 52.2 Å². The van der Waals surface area contributed by atoms with Gasteiger partial charge in [-0.2, -0.15) is 0 Å². The Morgan fingerprint density at radius 2 is 1.41 bits per heavy atom. The van der Waals surface area contributed by atoms with Gasteiger partial charge in [-0.25, -0.2) is 0 Å². The van der Waals surface area contributed by atoms with Gasteiger partial charge in [-0.15, -0.1) is 0 Å². The lowest BCUT2D eigenvalue weighted by molar-refractivity contribution is -0.126. The fourth-order valence-corrected chi connectivity index (χ4v) is 4.42. The van der Waals surface area contributed by atoms with E-state index < -0.39 is 6.04 Å². The number of benzene rings is 3. The van der Waals surface area contributed by atoms with Crippen molar-refractivity contribution < 1.29 is 19.4 Å². The highest BCUT2D eigenvalue weighted by atomic mass is 16.5. The van der Waals surface area contributed by atoms with Crippen LogP contribution in [-0.2, 0) is 26.8 Å². The average molecular weight is 531 g/mol. The summed E-state index contributed by atoms with van der Waals surface area (Å²) in [7, 11) is 1.59. The molecule has 6 nitrogen and oxygen atoms in total. The molecule has 0 aliphatic heterocycles. The van der Waals surface area contributed by atoms with Gasteiger partial charge in [-0.05, 0) is 70.7 Å². The predicted molar refractivity (Wildman–Crippen MR) is 158 cm³/mol. The van der Waals surface area contributed by atoms with Crippen LogP contribution in [-0.4, -0.2) is 24.0 Å². The molecule has 3 rings (SSSR count). The molecule has 6 heteroatoms. The van der Waals surface area contributed by atoms with Gasteiger partial charge in [0.15, 0.2) is 0 Å². The van der Waals surface area contributed by atoms with Crippen molar-refractivity contribution in [2.75, 3.05) is 12.4 Å². The topological polar surface area (TPSA) is 87.7 Å². The van der Waals surface area contributed by atoms with Crippen LogP contribution in [0.5, 0.6) is 11.5 Å². The van der Waals surface area contributed by atoms with Gasteiger partial charge in [-0.3, -0.25) is 9.59 Å². The molecule has 3 N–H and O–H groups in total. The number of anilines is 1. The van der Waals surface area contributed by atoms with Gasteiger partial charge in [0.05, 0.1) is 7.11 Å². The van der Waals surface area contributed by atoms with Crippen LogP contribution in [0.1, 0.15) is 81.8 Å². The van der Waals surface area contributed by atoms with Gasteiger partial charge in [-0.1, -0.05) is 83.5 Å². The third-order valence-corrected chi connectivity index (χ3v) is 6.76. The summed E-state index contributed by atoms with van der Waals surface area (Å²) in [6.45, 7) is 14.4. The summed E-state index contributed by atoms with van der Waals surface area (Å²) in [4.78, 5) is 26.5. The molecule has 0 radical (unpaired) electrons. The zero-order valence-electron chi connectivity index (χ0n) is 24.4. The van der Waals surface area contributed by atoms with E-state index in [0.29, 0.717) is 29.2 Å². The van der Waals surface area contributed by atoms with Crippen molar-refractivity contribution in [1.82, 2.24) is 5.32 Å². The Bertz CT molecular complexity index is 1260. The highest BCUT2D eigenvalue weighted by Gasteiger charge is 2.27. The summed E-state index contributed by atoms with van der Waals surface area (Å²) >= 11 is 0. The summed E-state index contributed by atoms with van der Waals surface area (Å²) in [5.74, 6) is 0.452. The maximum absolute atomic E-state index is 13.3. The molecule has 0 saturated carbocycles. The average Bonchev–Trinajstić information content (AvgIpc) is 2.86. The number of ether oxygens (including phenoxy) is 1. The first kappa shape index (κ1) is 29.8. The fraction of sp³-hybridized carbons (Fsp3) is 0.394. The number of nitrogens with one attached hydrogen (secondary N) is 2. The first-order chi connectivity index (χ1) is 18.2. The lowest BCUT2D eigenvalue weighted by Crippen LogP contribution is -2.37. The molecule has 1 atom stereocenters. The summed E-state index contributed by atoms with van der Waals surface area (Å²) in [5, 5.41) is 16.9. The molecule has 0 bridgehead atoms. The van der Waals surface area contributed by atoms with Crippen LogP contribution < -0.4 is 15.4 Å². The Balaban J connectivity index is 1.81. The maximum Gasteiger partial charge on any atom is 0.251 e. The summed E-state index contributed by atoms with van der Waals surface area (Å²) in [5.41, 5.74) is 4.58. The fourth-order valence-electron chi connectivity index (χ4n) is 4.42. The van der Waals surface area contributed by atoms with E-state index in [0.717, 1.165) is 22.3 Å². The number of phenolic OH excluding ortho intramolecular Hbond substituents is 1. The van der Waals surface area contributed by atoms with Crippen LogP contribution >= 0.6 is 0 Å². The van der Waals surface area contributed by atoms with Crippen molar-refractivity contribution in [3.8, 4) is 11.5 Å². The zero-order valence-corrected chi connectivity index (χ0v) is 24.4. The number of aryl methyl sites for hydroxylation is 2. The molecule has 3 aromatic rings.